The van der Waals surface area contributed by atoms with Gasteiger partial charge in [0.25, 0.3) is 0 Å². The fourth-order valence-electron chi connectivity index (χ4n) is 2.64. The Balaban J connectivity index is 1.39. The molecule has 1 amide bonds. The zero-order valence-corrected chi connectivity index (χ0v) is 17.8. The Morgan fingerprint density at radius 3 is 2.57 bits per heavy atom. The molecule has 0 atom stereocenters. The quantitative estimate of drug-likeness (QED) is 0.430. The second-order valence-corrected chi connectivity index (χ2v) is 9.19. The first kappa shape index (κ1) is 18.9. The fraction of sp³-hybridized carbons (Fsp3) is 0.200. The smallest absolute Gasteiger partial charge is 0.232 e. The molecule has 0 unspecified atom stereocenters. The van der Waals surface area contributed by atoms with Gasteiger partial charge in [-0.15, -0.1) is 21.5 Å². The largest absolute Gasteiger partial charge is 0.300 e. The van der Waals surface area contributed by atoms with E-state index in [1.165, 1.54) is 16.9 Å². The summed E-state index contributed by atoms with van der Waals surface area (Å²) < 4.78 is 0. The molecular formula is C20H18N4OS3. The highest BCUT2D eigenvalue weighted by atomic mass is 32.1. The Bertz CT molecular complexity index is 1070. The van der Waals surface area contributed by atoms with E-state index in [0.29, 0.717) is 11.0 Å². The van der Waals surface area contributed by atoms with Crippen LogP contribution in [-0.4, -0.2) is 21.1 Å². The molecule has 0 bridgehead atoms. The van der Waals surface area contributed by atoms with E-state index in [-0.39, 0.29) is 12.3 Å². The summed E-state index contributed by atoms with van der Waals surface area (Å²) >= 11 is 4.56. The lowest BCUT2D eigenvalue weighted by molar-refractivity contribution is -0.115. The van der Waals surface area contributed by atoms with Crippen LogP contribution in [0, 0.1) is 0 Å². The van der Waals surface area contributed by atoms with Crippen molar-refractivity contribution in [2.24, 2.45) is 0 Å². The summed E-state index contributed by atoms with van der Waals surface area (Å²) in [4.78, 5) is 16.9. The highest BCUT2D eigenvalue weighted by Gasteiger charge is 2.13. The number of thiazole rings is 1. The normalized spacial score (nSPS) is 11.1. The van der Waals surface area contributed by atoms with Crippen LogP contribution in [0.1, 0.15) is 31.0 Å². The van der Waals surface area contributed by atoms with Crippen molar-refractivity contribution < 1.29 is 4.79 Å². The summed E-state index contributed by atoms with van der Waals surface area (Å²) in [5, 5.41) is 19.4. The molecule has 1 N–H and O–H groups in total. The van der Waals surface area contributed by atoms with Crippen molar-refractivity contribution in [3.05, 3.63) is 57.7 Å². The lowest BCUT2D eigenvalue weighted by Crippen LogP contribution is -2.14. The fourth-order valence-corrected chi connectivity index (χ4v) is 4.93. The van der Waals surface area contributed by atoms with E-state index in [1.54, 1.807) is 22.7 Å². The average molecular weight is 427 g/mol. The van der Waals surface area contributed by atoms with Gasteiger partial charge in [0.1, 0.15) is 10.0 Å². The number of carbonyl (C=O) groups excluding carboxylic acids is 1. The lowest BCUT2D eigenvalue weighted by atomic mass is 10.0. The number of anilines is 1. The molecule has 0 aliphatic rings. The first-order valence-electron chi connectivity index (χ1n) is 8.79. The lowest BCUT2D eigenvalue weighted by Gasteiger charge is -2.04. The van der Waals surface area contributed by atoms with Crippen molar-refractivity contribution in [3.63, 3.8) is 0 Å². The Labute approximate surface area is 175 Å². The van der Waals surface area contributed by atoms with Crippen LogP contribution in [0.15, 0.2) is 46.5 Å². The molecule has 0 radical (unpaired) electrons. The Morgan fingerprint density at radius 2 is 1.86 bits per heavy atom. The van der Waals surface area contributed by atoms with Gasteiger partial charge in [0.2, 0.25) is 11.0 Å². The van der Waals surface area contributed by atoms with Crippen LogP contribution >= 0.6 is 34.0 Å². The maximum absolute atomic E-state index is 12.3. The molecule has 0 aliphatic heterocycles. The van der Waals surface area contributed by atoms with Gasteiger partial charge in [0.05, 0.1) is 12.1 Å². The van der Waals surface area contributed by atoms with Crippen LogP contribution in [0.2, 0.25) is 0 Å². The second kappa shape index (κ2) is 8.30. The van der Waals surface area contributed by atoms with Gasteiger partial charge in [-0.2, -0.15) is 11.3 Å². The summed E-state index contributed by atoms with van der Waals surface area (Å²) in [7, 11) is 0. The maximum atomic E-state index is 12.3. The van der Waals surface area contributed by atoms with Gasteiger partial charge in [-0.05, 0) is 22.9 Å². The van der Waals surface area contributed by atoms with Crippen molar-refractivity contribution in [2.45, 2.75) is 26.2 Å². The van der Waals surface area contributed by atoms with Crippen molar-refractivity contribution in [1.82, 2.24) is 15.2 Å². The number of hydrogen-bond donors (Lipinski definition) is 1. The molecule has 0 aliphatic carbocycles. The third-order valence-electron chi connectivity index (χ3n) is 4.16. The molecule has 4 rings (SSSR count). The van der Waals surface area contributed by atoms with E-state index in [4.69, 9.17) is 0 Å². The minimum Gasteiger partial charge on any atom is -0.300 e. The van der Waals surface area contributed by atoms with Gasteiger partial charge in [0, 0.05) is 21.9 Å². The number of nitrogens with zero attached hydrogens (tertiary/aromatic N) is 3. The second-order valence-electron chi connectivity index (χ2n) is 6.57. The van der Waals surface area contributed by atoms with E-state index >= 15 is 0 Å². The van der Waals surface area contributed by atoms with Crippen LogP contribution in [0.5, 0.6) is 0 Å². The van der Waals surface area contributed by atoms with Crippen LogP contribution < -0.4 is 5.32 Å². The Morgan fingerprint density at radius 1 is 1.04 bits per heavy atom. The van der Waals surface area contributed by atoms with Crippen molar-refractivity contribution in [2.75, 3.05) is 5.32 Å². The molecule has 0 spiro atoms. The molecule has 3 heterocycles. The van der Waals surface area contributed by atoms with Crippen LogP contribution in [0.3, 0.4) is 0 Å². The average Bonchev–Trinajstić information content (AvgIpc) is 3.43. The maximum Gasteiger partial charge on any atom is 0.232 e. The third kappa shape index (κ3) is 4.35. The molecular weight excluding hydrogens is 408 g/mol. The number of rotatable bonds is 6. The van der Waals surface area contributed by atoms with Crippen molar-refractivity contribution in [1.29, 1.82) is 0 Å². The van der Waals surface area contributed by atoms with E-state index < -0.39 is 0 Å². The minimum absolute atomic E-state index is 0.139. The molecule has 0 saturated carbocycles. The molecule has 0 fully saturated rings. The van der Waals surface area contributed by atoms with Crippen LogP contribution in [0.4, 0.5) is 5.13 Å². The minimum atomic E-state index is -0.139. The van der Waals surface area contributed by atoms with Crippen LogP contribution in [-0.2, 0) is 11.2 Å². The molecule has 1 aromatic carbocycles. The molecule has 3 aromatic heterocycles. The number of aromatic nitrogens is 3. The van der Waals surface area contributed by atoms with Gasteiger partial charge in [-0.1, -0.05) is 49.4 Å². The SMILES string of the molecule is CC(C)c1ccc(-c2nnc(NC(=O)Cc3csc(-c4ccsc4)n3)s2)cc1. The summed E-state index contributed by atoms with van der Waals surface area (Å²) in [6, 6.07) is 10.3. The molecule has 8 heteroatoms. The first-order valence-corrected chi connectivity index (χ1v) is 11.4. The molecule has 142 valence electrons. The zero-order chi connectivity index (χ0) is 19.5. The number of amides is 1. The third-order valence-corrected chi connectivity index (χ3v) is 6.67. The number of thiophene rings is 1. The van der Waals surface area contributed by atoms with E-state index in [0.717, 1.165) is 26.8 Å². The molecule has 28 heavy (non-hydrogen) atoms. The van der Waals surface area contributed by atoms with Gasteiger partial charge < -0.3 is 5.32 Å². The predicted molar refractivity (Wildman–Crippen MR) is 117 cm³/mol. The summed E-state index contributed by atoms with van der Waals surface area (Å²) in [5.41, 5.74) is 4.14. The number of benzene rings is 1. The van der Waals surface area contributed by atoms with E-state index in [9.17, 15) is 4.79 Å². The monoisotopic (exact) mass is 426 g/mol. The zero-order valence-electron chi connectivity index (χ0n) is 15.4. The van der Waals surface area contributed by atoms with E-state index in [1.807, 2.05) is 29.0 Å². The van der Waals surface area contributed by atoms with Gasteiger partial charge in [0.15, 0.2) is 0 Å². The Hall–Kier alpha value is -2.42. The summed E-state index contributed by atoms with van der Waals surface area (Å²) in [6.45, 7) is 4.33. The highest BCUT2D eigenvalue weighted by molar-refractivity contribution is 7.18. The van der Waals surface area contributed by atoms with E-state index in [2.05, 4.69) is 51.9 Å². The summed E-state index contributed by atoms with van der Waals surface area (Å²) in [5.74, 6) is 0.351. The van der Waals surface area contributed by atoms with Crippen molar-refractivity contribution in [3.8, 4) is 21.1 Å². The van der Waals surface area contributed by atoms with Crippen molar-refractivity contribution >= 4 is 45.0 Å². The molecule has 4 aromatic rings. The molecule has 0 saturated heterocycles. The number of carbonyl (C=O) groups is 1. The molecule has 5 nitrogen and oxygen atoms in total. The van der Waals surface area contributed by atoms with Crippen LogP contribution in [0.25, 0.3) is 21.1 Å². The standard InChI is InChI=1S/C20H18N4OS3/c1-12(2)13-3-5-14(6-4-13)19-23-24-20(28-19)22-17(25)9-16-11-27-18(21-16)15-7-8-26-10-15/h3-8,10-12H,9H2,1-2H3,(H,22,24,25). The van der Waals surface area contributed by atoms with Gasteiger partial charge >= 0.3 is 0 Å². The topological polar surface area (TPSA) is 67.8 Å². The predicted octanol–water partition coefficient (Wildman–Crippen LogP) is 5.69. The Kier molecular flexibility index (Phi) is 5.61. The van der Waals surface area contributed by atoms with Gasteiger partial charge in [-0.25, -0.2) is 4.98 Å². The summed E-state index contributed by atoms with van der Waals surface area (Å²) in [6.07, 6.45) is 0.221. The highest BCUT2D eigenvalue weighted by Crippen LogP contribution is 2.28. The number of hydrogen-bond acceptors (Lipinski definition) is 7. The first-order chi connectivity index (χ1) is 13.6. The number of nitrogens with one attached hydrogen (secondary N) is 1. The van der Waals surface area contributed by atoms with Gasteiger partial charge in [-0.3, -0.25) is 4.79 Å².